The van der Waals surface area contributed by atoms with Gasteiger partial charge >= 0.3 is 0 Å². The molecule has 0 heterocycles. The predicted molar refractivity (Wildman–Crippen MR) is 208 cm³/mol. The van der Waals surface area contributed by atoms with Crippen LogP contribution in [-0.4, -0.2) is 38.1 Å². The number of fused-ring (bicyclic) bond motifs is 1. The van der Waals surface area contributed by atoms with Crippen LogP contribution in [0.2, 0.25) is 0 Å². The van der Waals surface area contributed by atoms with Crippen LogP contribution >= 0.6 is 7.26 Å². The summed E-state index contributed by atoms with van der Waals surface area (Å²) in [5.41, 5.74) is 1.60. The van der Waals surface area contributed by atoms with Gasteiger partial charge in [-0.25, -0.2) is 8.42 Å². The second-order valence-electron chi connectivity index (χ2n) is 14.8. The van der Waals surface area contributed by atoms with E-state index in [9.17, 15) is 13.0 Å². The van der Waals surface area contributed by atoms with E-state index in [1.807, 2.05) is 45.9 Å². The van der Waals surface area contributed by atoms with Crippen molar-refractivity contribution in [1.29, 1.82) is 0 Å². The van der Waals surface area contributed by atoms with Crippen LogP contribution in [0.3, 0.4) is 0 Å². The van der Waals surface area contributed by atoms with E-state index in [0.29, 0.717) is 10.9 Å². The minimum atomic E-state index is -4.51. The maximum Gasteiger partial charge on any atom is 0.125 e. The normalized spacial score (nSPS) is 12.2. The van der Waals surface area contributed by atoms with Gasteiger partial charge in [-0.3, -0.25) is 0 Å². The van der Waals surface area contributed by atoms with Gasteiger partial charge < -0.3 is 4.55 Å². The third-order valence-electron chi connectivity index (χ3n) is 9.68. The predicted octanol–water partition coefficient (Wildman–Crippen LogP) is 13.7. The molecule has 0 aliphatic carbocycles. The Morgan fingerprint density at radius 1 is 0.609 bits per heavy atom. The van der Waals surface area contributed by atoms with Crippen LogP contribution in [0, 0.1) is 0 Å². The lowest BCUT2D eigenvalue weighted by Gasteiger charge is -2.24. The second kappa shape index (κ2) is 24.2. The lowest BCUT2D eigenvalue weighted by atomic mass is 9.88. The summed E-state index contributed by atoms with van der Waals surface area (Å²) in [5.74, 6) is 0.147. The van der Waals surface area contributed by atoms with Crippen molar-refractivity contribution in [2.75, 3.05) is 25.2 Å². The van der Waals surface area contributed by atoms with Crippen molar-refractivity contribution in [2.45, 2.75) is 181 Å². The molecule has 0 saturated carbocycles. The Morgan fingerprint density at radius 3 is 1.37 bits per heavy atom. The molecule has 0 atom stereocenters. The minimum absolute atomic E-state index is 0.0178. The summed E-state index contributed by atoms with van der Waals surface area (Å²) in [6, 6.07) is 9.17. The number of unbranched alkanes of at least 4 members (excludes halogenated alkanes) is 15. The molecule has 0 fully saturated rings. The molecule has 0 spiro atoms. The largest absolute Gasteiger partial charge is 0.744 e. The minimum Gasteiger partial charge on any atom is -0.744 e. The van der Waals surface area contributed by atoms with Crippen molar-refractivity contribution in [3.63, 3.8) is 0 Å². The highest BCUT2D eigenvalue weighted by molar-refractivity contribution is 7.86. The smallest absolute Gasteiger partial charge is 0.125 e. The molecule has 0 aromatic heterocycles. The lowest BCUT2D eigenvalue weighted by molar-refractivity contribution is 0.462. The molecular formula is C41H73O3PS. The summed E-state index contributed by atoms with van der Waals surface area (Å²) in [5, 5.41) is 1.32. The van der Waals surface area contributed by atoms with E-state index >= 15 is 0 Å². The van der Waals surface area contributed by atoms with Gasteiger partial charge in [-0.2, -0.15) is 0 Å². The quantitative estimate of drug-likeness (QED) is 0.0631. The molecule has 2 aromatic carbocycles. The summed E-state index contributed by atoms with van der Waals surface area (Å²) < 4.78 is 35.4. The first-order chi connectivity index (χ1) is 21.9. The van der Waals surface area contributed by atoms with Crippen molar-refractivity contribution in [3.8, 4) is 0 Å². The number of hydrogen-bond acceptors (Lipinski definition) is 3. The molecule has 2 aromatic rings. The van der Waals surface area contributed by atoms with E-state index in [1.54, 1.807) is 30.6 Å². The first-order valence-electron chi connectivity index (χ1n) is 19.3. The zero-order chi connectivity index (χ0) is 34.4. The van der Waals surface area contributed by atoms with Gasteiger partial charge in [0.05, 0.1) is 23.4 Å². The highest BCUT2D eigenvalue weighted by Gasteiger charge is 2.29. The van der Waals surface area contributed by atoms with Crippen LogP contribution in [0.25, 0.3) is 10.8 Å². The second-order valence-corrected chi connectivity index (χ2v) is 20.7. The summed E-state index contributed by atoms with van der Waals surface area (Å²) in [4.78, 5) is -0.0469. The van der Waals surface area contributed by atoms with Crippen molar-refractivity contribution >= 4 is 28.2 Å². The molecule has 0 unspecified atom stereocenters. The molecule has 0 N–H and O–H groups in total. The molecule has 46 heavy (non-hydrogen) atoms. The van der Waals surface area contributed by atoms with Crippen molar-refractivity contribution < 1.29 is 13.0 Å². The fourth-order valence-electron chi connectivity index (χ4n) is 6.85. The zero-order valence-corrected chi connectivity index (χ0v) is 33.2. The summed E-state index contributed by atoms with van der Waals surface area (Å²) in [6.07, 6.45) is 31.2. The van der Waals surface area contributed by atoms with E-state index in [1.165, 1.54) is 116 Å². The van der Waals surface area contributed by atoms with Crippen LogP contribution in [0.15, 0.2) is 35.2 Å². The van der Waals surface area contributed by atoms with Gasteiger partial charge in [0.2, 0.25) is 0 Å². The Hall–Kier alpha value is -0.960. The molecule has 0 amide bonds. The molecule has 3 nitrogen and oxygen atoms in total. The molecule has 2 rings (SSSR count). The molecule has 0 radical (unpaired) electrons. The summed E-state index contributed by atoms with van der Waals surface area (Å²) >= 11 is 0. The fraction of sp³-hybridized carbons (Fsp3) is 0.756. The zero-order valence-electron chi connectivity index (χ0n) is 31.5. The van der Waals surface area contributed by atoms with Gasteiger partial charge in [0.25, 0.3) is 0 Å². The fourth-order valence-corrected chi connectivity index (χ4v) is 11.6. The van der Waals surface area contributed by atoms with Gasteiger partial charge in [0.15, 0.2) is 0 Å². The molecule has 0 bridgehead atoms. The topological polar surface area (TPSA) is 57.2 Å². The van der Waals surface area contributed by atoms with Crippen molar-refractivity contribution in [3.05, 3.63) is 41.5 Å². The lowest BCUT2D eigenvalue weighted by Crippen LogP contribution is -2.10. The van der Waals surface area contributed by atoms with Crippen LogP contribution in [0.5, 0.6) is 0 Å². The molecule has 0 aliphatic rings. The SMILES string of the molecule is CC(C)c1cc2ccccc2c(S(=O)(=O)[O-])c1C(C)C.CCCCCCCC[P+](C)(CCCCCCCC)CCCCCCCC. The van der Waals surface area contributed by atoms with Gasteiger partial charge in [-0.05, 0) is 72.3 Å². The monoisotopic (exact) mass is 677 g/mol. The Kier molecular flexibility index (Phi) is 22.7. The maximum atomic E-state index is 11.8. The van der Waals surface area contributed by atoms with Gasteiger partial charge in [0, 0.05) is 13.9 Å². The third kappa shape index (κ3) is 16.9. The highest BCUT2D eigenvalue weighted by atomic mass is 32.2. The number of hydrogen-bond donors (Lipinski definition) is 0. The maximum absolute atomic E-state index is 11.8. The van der Waals surface area contributed by atoms with Crippen LogP contribution in [0.1, 0.15) is 187 Å². The third-order valence-corrected chi connectivity index (χ3v) is 14.8. The van der Waals surface area contributed by atoms with Crippen LogP contribution < -0.4 is 0 Å². The van der Waals surface area contributed by atoms with Crippen LogP contribution in [-0.2, 0) is 10.1 Å². The van der Waals surface area contributed by atoms with Crippen molar-refractivity contribution in [1.82, 2.24) is 0 Å². The number of benzene rings is 2. The molecular weight excluding hydrogens is 603 g/mol. The molecule has 0 aliphatic heterocycles. The number of rotatable bonds is 24. The van der Waals surface area contributed by atoms with Crippen molar-refractivity contribution in [2.24, 2.45) is 0 Å². The van der Waals surface area contributed by atoms with Gasteiger partial charge in [-0.15, -0.1) is 0 Å². The Morgan fingerprint density at radius 2 is 1.00 bits per heavy atom. The van der Waals surface area contributed by atoms with E-state index in [4.69, 9.17) is 0 Å². The standard InChI is InChI=1S/C25H54P.C16H20O3S/c1-5-8-11-14-17-20-23-26(4,24-21-18-15-12-9-6-2)25-22-19-16-13-10-7-3;1-10(2)14-9-12-7-5-6-8-13(12)16(20(17,18)19)15(14)11(3)4/h5-25H2,1-4H3;5-11H,1-4H3,(H,17,18,19)/q+1;/p-1. The van der Waals surface area contributed by atoms with Gasteiger partial charge in [0.1, 0.15) is 10.1 Å². The van der Waals surface area contributed by atoms with E-state index in [0.717, 1.165) is 10.9 Å². The molecule has 5 heteroatoms. The first-order valence-corrected chi connectivity index (χ1v) is 23.5. The van der Waals surface area contributed by atoms with E-state index in [2.05, 4.69) is 27.4 Å². The highest BCUT2D eigenvalue weighted by Crippen LogP contribution is 2.57. The summed E-state index contributed by atoms with van der Waals surface area (Å²) in [7, 11) is -5.15. The van der Waals surface area contributed by atoms with E-state index in [-0.39, 0.29) is 16.7 Å². The first kappa shape index (κ1) is 43.1. The average molecular weight is 677 g/mol. The average Bonchev–Trinajstić information content (AvgIpc) is 3.01. The molecule has 0 saturated heterocycles. The van der Waals surface area contributed by atoms with Gasteiger partial charge in [-0.1, -0.05) is 156 Å². The Balaban J connectivity index is 0.000000473. The Labute approximate surface area is 287 Å². The molecule has 266 valence electrons. The summed E-state index contributed by atoms with van der Waals surface area (Å²) in [6.45, 7) is 17.6. The van der Waals surface area contributed by atoms with Crippen LogP contribution in [0.4, 0.5) is 0 Å². The van der Waals surface area contributed by atoms with E-state index < -0.39 is 17.4 Å². The Bertz CT molecular complexity index is 1130.